The van der Waals surface area contributed by atoms with Gasteiger partial charge in [-0.2, -0.15) is 0 Å². The maximum Gasteiger partial charge on any atom is 0.329 e. The number of amides is 2. The number of imidazole rings is 1. The largest absolute Gasteiger partial charge is 0.370 e. The third-order valence-electron chi connectivity index (χ3n) is 6.23. The van der Waals surface area contributed by atoms with Crippen molar-refractivity contribution in [2.75, 3.05) is 28.6 Å². The maximum atomic E-state index is 12.9. The van der Waals surface area contributed by atoms with Crippen molar-refractivity contribution >= 4 is 45.7 Å². The van der Waals surface area contributed by atoms with Gasteiger partial charge in [0.1, 0.15) is 0 Å². The lowest BCUT2D eigenvalue weighted by molar-refractivity contribution is 0.262. The smallest absolute Gasteiger partial charge is 0.329 e. The van der Waals surface area contributed by atoms with Gasteiger partial charge in [0.05, 0.1) is 22.4 Å². The number of fused-ring (bicyclic) bond motifs is 1. The van der Waals surface area contributed by atoms with Gasteiger partial charge in [0.25, 0.3) is 0 Å². The number of carbonyl (C=O) groups is 1. The van der Waals surface area contributed by atoms with Gasteiger partial charge in [-0.25, -0.2) is 9.59 Å². The second-order valence-corrected chi connectivity index (χ2v) is 8.58. The van der Waals surface area contributed by atoms with Crippen molar-refractivity contribution < 1.29 is 4.79 Å². The summed E-state index contributed by atoms with van der Waals surface area (Å²) in [5.74, 6) is 0. The molecule has 1 saturated heterocycles. The van der Waals surface area contributed by atoms with E-state index >= 15 is 0 Å². The topological polar surface area (TPSA) is 71.3 Å². The van der Waals surface area contributed by atoms with E-state index in [1.165, 1.54) is 6.42 Å². The van der Waals surface area contributed by atoms with Gasteiger partial charge in [0, 0.05) is 36.9 Å². The first-order chi connectivity index (χ1) is 15.4. The molecule has 0 aliphatic carbocycles. The summed E-state index contributed by atoms with van der Waals surface area (Å²) in [5.41, 5.74) is 4.84. The third kappa shape index (κ3) is 4.09. The quantitative estimate of drug-likeness (QED) is 0.538. The van der Waals surface area contributed by atoms with Crippen LogP contribution in [0, 0.1) is 6.92 Å². The maximum absolute atomic E-state index is 12.9. The molecule has 1 aromatic heterocycles. The molecule has 170 valence electrons. The lowest BCUT2D eigenvalue weighted by Crippen LogP contribution is -2.31. The number of anilines is 3. The molecule has 8 heteroatoms. The number of halogens is 1. The molecule has 1 fully saturated rings. The molecule has 2 aromatic carbocycles. The molecule has 0 bridgehead atoms. The lowest BCUT2D eigenvalue weighted by Gasteiger charge is -2.31. The standard InChI is InChI=1S/C24H30ClN5O2/c1-4-29-21-14-19(27-23(31)26-18-11-9-10-17(25)16(18)3)20(28-12-7-6-8-13-28)15-22(21)30(5-2)24(29)32/h9-11,14-15H,4-8,12-13H2,1-3H3,(H2,26,27,31). The van der Waals surface area contributed by atoms with Crippen LogP contribution in [0.3, 0.4) is 0 Å². The first kappa shape index (κ1) is 22.3. The lowest BCUT2D eigenvalue weighted by atomic mass is 10.1. The predicted molar refractivity (Wildman–Crippen MR) is 132 cm³/mol. The Hall–Kier alpha value is -2.93. The van der Waals surface area contributed by atoms with E-state index in [4.69, 9.17) is 11.6 Å². The van der Waals surface area contributed by atoms with Crippen LogP contribution < -0.4 is 21.2 Å². The van der Waals surface area contributed by atoms with Gasteiger partial charge in [-0.05, 0) is 69.9 Å². The van der Waals surface area contributed by atoms with Gasteiger partial charge in [-0.15, -0.1) is 0 Å². The first-order valence-corrected chi connectivity index (χ1v) is 11.7. The second-order valence-electron chi connectivity index (χ2n) is 8.17. The molecule has 2 heterocycles. The van der Waals surface area contributed by atoms with E-state index in [0.29, 0.717) is 29.5 Å². The summed E-state index contributed by atoms with van der Waals surface area (Å²) in [6, 6.07) is 9.08. The Kier molecular flexibility index (Phi) is 6.46. The summed E-state index contributed by atoms with van der Waals surface area (Å²) < 4.78 is 3.55. The van der Waals surface area contributed by atoms with Crippen LogP contribution in [0.15, 0.2) is 35.1 Å². The molecule has 4 rings (SSSR count). The fraction of sp³-hybridized carbons (Fsp3) is 0.417. The van der Waals surface area contributed by atoms with Crippen molar-refractivity contribution in [3.8, 4) is 0 Å². The number of aryl methyl sites for hydroxylation is 2. The van der Waals surface area contributed by atoms with Crippen molar-refractivity contribution in [1.29, 1.82) is 0 Å². The molecule has 3 aromatic rings. The van der Waals surface area contributed by atoms with Crippen LogP contribution in [0.5, 0.6) is 0 Å². The van der Waals surface area contributed by atoms with Gasteiger partial charge in [0.2, 0.25) is 0 Å². The van der Waals surface area contributed by atoms with Crippen molar-refractivity contribution in [2.24, 2.45) is 0 Å². The van der Waals surface area contributed by atoms with Crippen molar-refractivity contribution in [3.05, 3.63) is 51.4 Å². The highest BCUT2D eigenvalue weighted by Gasteiger charge is 2.21. The molecule has 1 aliphatic rings. The molecule has 32 heavy (non-hydrogen) atoms. The van der Waals surface area contributed by atoms with Crippen LogP contribution in [0.2, 0.25) is 5.02 Å². The molecule has 0 saturated carbocycles. The number of nitrogens with one attached hydrogen (secondary N) is 2. The van der Waals surface area contributed by atoms with Crippen LogP contribution in [-0.4, -0.2) is 28.3 Å². The molecule has 0 spiro atoms. The van der Waals surface area contributed by atoms with Gasteiger partial charge in [0.15, 0.2) is 0 Å². The Morgan fingerprint density at radius 2 is 1.59 bits per heavy atom. The highest BCUT2D eigenvalue weighted by atomic mass is 35.5. The molecular weight excluding hydrogens is 426 g/mol. The number of hydrogen-bond acceptors (Lipinski definition) is 3. The van der Waals surface area contributed by atoms with E-state index in [2.05, 4.69) is 21.6 Å². The SMILES string of the molecule is CCn1c(=O)n(CC)c2cc(N3CCCCC3)c(NC(=O)Nc3cccc(Cl)c3C)cc21. The van der Waals surface area contributed by atoms with E-state index in [-0.39, 0.29) is 11.7 Å². The summed E-state index contributed by atoms with van der Waals surface area (Å²) in [5, 5.41) is 6.54. The minimum atomic E-state index is -0.340. The summed E-state index contributed by atoms with van der Waals surface area (Å²) in [6.45, 7) is 8.84. The second kappa shape index (κ2) is 9.28. The Labute approximate surface area is 193 Å². The number of aromatic nitrogens is 2. The molecule has 0 radical (unpaired) electrons. The zero-order valence-electron chi connectivity index (χ0n) is 18.9. The highest BCUT2D eigenvalue weighted by Crippen LogP contribution is 2.33. The van der Waals surface area contributed by atoms with Crippen molar-refractivity contribution in [1.82, 2.24) is 9.13 Å². The summed E-state index contributed by atoms with van der Waals surface area (Å²) >= 11 is 6.20. The molecule has 2 amide bonds. The normalized spacial score (nSPS) is 14.1. The van der Waals surface area contributed by atoms with Crippen LogP contribution >= 0.6 is 11.6 Å². The summed E-state index contributed by atoms with van der Waals surface area (Å²) in [4.78, 5) is 28.1. The number of hydrogen-bond donors (Lipinski definition) is 2. The average Bonchev–Trinajstić information content (AvgIpc) is 3.06. The van der Waals surface area contributed by atoms with Crippen LogP contribution in [-0.2, 0) is 13.1 Å². The van der Waals surface area contributed by atoms with Crippen LogP contribution in [0.1, 0.15) is 38.7 Å². The van der Waals surface area contributed by atoms with Crippen molar-refractivity contribution in [3.63, 3.8) is 0 Å². The minimum Gasteiger partial charge on any atom is -0.370 e. The van der Waals surface area contributed by atoms with E-state index in [1.54, 1.807) is 15.2 Å². The van der Waals surface area contributed by atoms with E-state index in [9.17, 15) is 9.59 Å². The van der Waals surface area contributed by atoms with Crippen LogP contribution in [0.4, 0.5) is 21.9 Å². The highest BCUT2D eigenvalue weighted by molar-refractivity contribution is 6.31. The average molecular weight is 456 g/mol. The van der Waals surface area contributed by atoms with Crippen molar-refractivity contribution in [2.45, 2.75) is 53.1 Å². The Morgan fingerprint density at radius 1 is 0.969 bits per heavy atom. The summed E-state index contributed by atoms with van der Waals surface area (Å²) in [7, 11) is 0. The van der Waals surface area contributed by atoms with Gasteiger partial charge in [-0.3, -0.25) is 9.13 Å². The first-order valence-electron chi connectivity index (χ1n) is 11.3. The zero-order chi connectivity index (χ0) is 22.8. The van der Waals surface area contributed by atoms with E-state index in [1.807, 2.05) is 39.0 Å². The molecule has 7 nitrogen and oxygen atoms in total. The zero-order valence-corrected chi connectivity index (χ0v) is 19.6. The fourth-order valence-electron chi connectivity index (χ4n) is 4.48. The van der Waals surface area contributed by atoms with Crippen LogP contribution in [0.25, 0.3) is 11.0 Å². The predicted octanol–water partition coefficient (Wildman–Crippen LogP) is 5.44. The Balaban J connectivity index is 1.76. The number of carbonyl (C=O) groups excluding carboxylic acids is 1. The number of benzene rings is 2. The Bertz CT molecular complexity index is 1210. The molecule has 2 N–H and O–H groups in total. The molecule has 0 unspecified atom stereocenters. The number of nitrogens with zero attached hydrogens (tertiary/aromatic N) is 3. The molecule has 1 aliphatic heterocycles. The van der Waals surface area contributed by atoms with Gasteiger partial charge < -0.3 is 15.5 Å². The number of urea groups is 1. The van der Waals surface area contributed by atoms with Gasteiger partial charge in [-0.1, -0.05) is 17.7 Å². The van der Waals surface area contributed by atoms with E-state index < -0.39 is 0 Å². The molecule has 0 atom stereocenters. The third-order valence-corrected chi connectivity index (χ3v) is 6.64. The van der Waals surface area contributed by atoms with Gasteiger partial charge >= 0.3 is 11.7 Å². The number of rotatable bonds is 5. The number of piperidine rings is 1. The van der Waals surface area contributed by atoms with E-state index in [0.717, 1.165) is 48.2 Å². The molecular formula is C24H30ClN5O2. The Morgan fingerprint density at radius 3 is 2.25 bits per heavy atom. The minimum absolute atomic E-state index is 0.0225. The monoisotopic (exact) mass is 455 g/mol. The fourth-order valence-corrected chi connectivity index (χ4v) is 4.65. The summed E-state index contributed by atoms with van der Waals surface area (Å²) in [6.07, 6.45) is 3.44.